The topological polar surface area (TPSA) is 43.9 Å². The van der Waals surface area contributed by atoms with Gasteiger partial charge in [-0.3, -0.25) is 4.79 Å². The van der Waals surface area contributed by atoms with Crippen molar-refractivity contribution in [2.45, 2.75) is 51.4 Å². The minimum absolute atomic E-state index is 0.185. The molecule has 0 N–H and O–H groups in total. The van der Waals surface area contributed by atoms with E-state index in [-0.39, 0.29) is 11.9 Å². The largest absolute Gasteiger partial charge is 0.339 e. The molecular weight excluding hydrogens is 278 g/mol. The molecule has 3 fully saturated rings. The zero-order chi connectivity index (χ0) is 15.4. The molecule has 3 aliphatic rings. The monoisotopic (exact) mass is 307 g/mol. The molecule has 0 radical (unpaired) electrons. The first-order valence-electron chi connectivity index (χ1n) is 9.08. The summed E-state index contributed by atoms with van der Waals surface area (Å²) in [6.07, 6.45) is 9.30. The third-order valence-corrected chi connectivity index (χ3v) is 5.44. The molecule has 3 amide bonds. The van der Waals surface area contributed by atoms with E-state index in [0.717, 1.165) is 51.9 Å². The summed E-state index contributed by atoms with van der Waals surface area (Å²) in [7, 11) is 0. The minimum atomic E-state index is 0.185. The van der Waals surface area contributed by atoms with Gasteiger partial charge in [0, 0.05) is 45.2 Å². The van der Waals surface area contributed by atoms with Crippen LogP contribution in [0.5, 0.6) is 0 Å². The number of amides is 3. The molecule has 1 aliphatic carbocycles. The number of piperazine rings is 1. The van der Waals surface area contributed by atoms with Crippen LogP contribution < -0.4 is 0 Å². The first-order chi connectivity index (χ1) is 10.8. The van der Waals surface area contributed by atoms with Crippen molar-refractivity contribution in [2.24, 2.45) is 5.92 Å². The predicted molar refractivity (Wildman–Crippen MR) is 85.5 cm³/mol. The number of urea groups is 1. The first kappa shape index (κ1) is 15.6. The lowest BCUT2D eigenvalue weighted by Crippen LogP contribution is -2.55. The first-order valence-corrected chi connectivity index (χ1v) is 9.08. The van der Waals surface area contributed by atoms with Gasteiger partial charge in [0.05, 0.1) is 0 Å². The molecule has 3 rings (SSSR count). The summed E-state index contributed by atoms with van der Waals surface area (Å²) in [5, 5.41) is 0. The van der Waals surface area contributed by atoms with Crippen LogP contribution in [0.2, 0.25) is 0 Å². The van der Waals surface area contributed by atoms with E-state index < -0.39 is 0 Å². The van der Waals surface area contributed by atoms with Crippen LogP contribution in [0, 0.1) is 5.92 Å². The van der Waals surface area contributed by atoms with Crippen LogP contribution in [-0.4, -0.2) is 65.9 Å². The van der Waals surface area contributed by atoms with E-state index in [0.29, 0.717) is 19.0 Å². The Kier molecular flexibility index (Phi) is 5.21. The standard InChI is InChI=1S/C17H29N3O2/c21-16(15-7-3-1-4-8-15)18-11-13-20(14-12-18)17(22)19-9-5-2-6-10-19/h15H,1-14H2. The highest BCUT2D eigenvalue weighted by molar-refractivity contribution is 5.80. The van der Waals surface area contributed by atoms with Crippen LogP contribution in [0.3, 0.4) is 0 Å². The van der Waals surface area contributed by atoms with Gasteiger partial charge in [-0.15, -0.1) is 0 Å². The summed E-state index contributed by atoms with van der Waals surface area (Å²) >= 11 is 0. The normalized spacial score (nSPS) is 24.5. The Bertz CT molecular complexity index is 355. The van der Waals surface area contributed by atoms with Crippen molar-refractivity contribution in [2.75, 3.05) is 39.3 Å². The molecule has 0 aromatic rings. The SMILES string of the molecule is O=C(C1CCCCC1)N1CCN(C(=O)N2CCCCC2)CC1. The summed E-state index contributed by atoms with van der Waals surface area (Å²) < 4.78 is 0. The van der Waals surface area contributed by atoms with Crippen LogP contribution >= 0.6 is 0 Å². The molecule has 0 aromatic heterocycles. The van der Waals surface area contributed by atoms with Gasteiger partial charge in [0.2, 0.25) is 5.91 Å². The number of carbonyl (C=O) groups is 2. The van der Waals surface area contributed by atoms with Crippen LogP contribution in [-0.2, 0) is 4.79 Å². The van der Waals surface area contributed by atoms with Gasteiger partial charge in [-0.2, -0.15) is 0 Å². The Morgan fingerprint density at radius 2 is 1.09 bits per heavy atom. The third kappa shape index (κ3) is 3.55. The van der Waals surface area contributed by atoms with Gasteiger partial charge >= 0.3 is 6.03 Å². The Balaban J connectivity index is 1.47. The Labute approximate surface area is 133 Å². The number of nitrogens with zero attached hydrogens (tertiary/aromatic N) is 3. The highest BCUT2D eigenvalue weighted by Crippen LogP contribution is 2.26. The van der Waals surface area contributed by atoms with Crippen molar-refractivity contribution in [1.82, 2.24) is 14.7 Å². The van der Waals surface area contributed by atoms with Crippen LogP contribution in [0.15, 0.2) is 0 Å². The fourth-order valence-electron chi connectivity index (χ4n) is 4.01. The lowest BCUT2D eigenvalue weighted by Gasteiger charge is -2.39. The van der Waals surface area contributed by atoms with Crippen LogP contribution in [0.1, 0.15) is 51.4 Å². The summed E-state index contributed by atoms with van der Waals surface area (Å²) in [4.78, 5) is 30.9. The van der Waals surface area contributed by atoms with Gasteiger partial charge < -0.3 is 14.7 Å². The molecule has 0 spiro atoms. The van der Waals surface area contributed by atoms with Crippen molar-refractivity contribution in [1.29, 1.82) is 0 Å². The van der Waals surface area contributed by atoms with Crippen molar-refractivity contribution in [3.8, 4) is 0 Å². The Morgan fingerprint density at radius 3 is 1.73 bits per heavy atom. The second kappa shape index (κ2) is 7.34. The maximum Gasteiger partial charge on any atom is 0.320 e. The number of hydrogen-bond donors (Lipinski definition) is 0. The van der Waals surface area contributed by atoms with E-state index in [1.54, 1.807) is 0 Å². The van der Waals surface area contributed by atoms with Crippen molar-refractivity contribution < 1.29 is 9.59 Å². The van der Waals surface area contributed by atoms with Crippen LogP contribution in [0.25, 0.3) is 0 Å². The summed E-state index contributed by atoms with van der Waals surface area (Å²) in [5.74, 6) is 0.586. The van der Waals surface area contributed by atoms with E-state index in [1.165, 1.54) is 25.7 Å². The van der Waals surface area contributed by atoms with Crippen molar-refractivity contribution in [3.63, 3.8) is 0 Å². The summed E-state index contributed by atoms with van der Waals surface area (Å²) in [6, 6.07) is 0.185. The molecule has 0 unspecified atom stereocenters. The number of rotatable bonds is 1. The van der Waals surface area contributed by atoms with E-state index in [9.17, 15) is 9.59 Å². The van der Waals surface area contributed by atoms with E-state index in [1.807, 2.05) is 14.7 Å². The second-order valence-corrected chi connectivity index (χ2v) is 6.98. The Hall–Kier alpha value is -1.26. The molecule has 0 aromatic carbocycles. The molecule has 0 atom stereocenters. The fourth-order valence-corrected chi connectivity index (χ4v) is 4.01. The maximum absolute atomic E-state index is 12.5. The summed E-state index contributed by atoms with van der Waals surface area (Å²) in [6.45, 7) is 4.64. The summed E-state index contributed by atoms with van der Waals surface area (Å²) in [5.41, 5.74) is 0. The second-order valence-electron chi connectivity index (χ2n) is 6.98. The van der Waals surface area contributed by atoms with Crippen LogP contribution in [0.4, 0.5) is 4.79 Å². The molecule has 2 saturated heterocycles. The average Bonchev–Trinajstić information content (AvgIpc) is 2.62. The fraction of sp³-hybridized carbons (Fsp3) is 0.882. The molecule has 2 aliphatic heterocycles. The molecule has 22 heavy (non-hydrogen) atoms. The molecular formula is C17H29N3O2. The third-order valence-electron chi connectivity index (χ3n) is 5.44. The molecule has 5 heteroatoms. The molecule has 0 bridgehead atoms. The molecule has 2 heterocycles. The highest BCUT2D eigenvalue weighted by Gasteiger charge is 2.31. The zero-order valence-electron chi connectivity index (χ0n) is 13.6. The zero-order valence-corrected chi connectivity index (χ0v) is 13.6. The average molecular weight is 307 g/mol. The lowest BCUT2D eigenvalue weighted by molar-refractivity contribution is -0.138. The van der Waals surface area contributed by atoms with E-state index in [2.05, 4.69) is 0 Å². The minimum Gasteiger partial charge on any atom is -0.339 e. The molecule has 5 nitrogen and oxygen atoms in total. The highest BCUT2D eigenvalue weighted by atomic mass is 16.2. The van der Waals surface area contributed by atoms with Gasteiger partial charge in [-0.25, -0.2) is 4.79 Å². The van der Waals surface area contributed by atoms with Gasteiger partial charge in [0.15, 0.2) is 0 Å². The van der Waals surface area contributed by atoms with Gasteiger partial charge in [0.25, 0.3) is 0 Å². The van der Waals surface area contributed by atoms with Gasteiger partial charge in [0.1, 0.15) is 0 Å². The lowest BCUT2D eigenvalue weighted by atomic mass is 9.88. The molecule has 124 valence electrons. The molecule has 1 saturated carbocycles. The number of piperidine rings is 1. The maximum atomic E-state index is 12.5. The van der Waals surface area contributed by atoms with Crippen molar-refractivity contribution in [3.05, 3.63) is 0 Å². The van der Waals surface area contributed by atoms with Gasteiger partial charge in [-0.1, -0.05) is 19.3 Å². The predicted octanol–water partition coefficient (Wildman–Crippen LogP) is 2.32. The Morgan fingerprint density at radius 1 is 0.591 bits per heavy atom. The smallest absolute Gasteiger partial charge is 0.320 e. The van der Waals surface area contributed by atoms with Crippen molar-refractivity contribution >= 4 is 11.9 Å². The number of hydrogen-bond acceptors (Lipinski definition) is 2. The number of carbonyl (C=O) groups excluding carboxylic acids is 2. The number of likely N-dealkylation sites (tertiary alicyclic amines) is 1. The van der Waals surface area contributed by atoms with E-state index in [4.69, 9.17) is 0 Å². The van der Waals surface area contributed by atoms with Gasteiger partial charge in [-0.05, 0) is 32.1 Å². The van der Waals surface area contributed by atoms with E-state index >= 15 is 0 Å². The quantitative estimate of drug-likeness (QED) is 0.746.